The molecule has 0 aliphatic carbocycles. The van der Waals surface area contributed by atoms with Crippen molar-refractivity contribution in [2.24, 2.45) is 0 Å². The Morgan fingerprint density at radius 2 is 1.84 bits per heavy atom. The van der Waals surface area contributed by atoms with Gasteiger partial charge in [0.15, 0.2) is 0 Å². The Balaban J connectivity index is 2.42. The lowest BCUT2D eigenvalue weighted by Crippen LogP contribution is -2.13. The summed E-state index contributed by atoms with van der Waals surface area (Å²) in [5.41, 5.74) is 1.16. The molecule has 102 valence electrons. The summed E-state index contributed by atoms with van der Waals surface area (Å²) in [4.78, 5) is -0.0384. The second kappa shape index (κ2) is 5.50. The Morgan fingerprint density at radius 3 is 2.42 bits per heavy atom. The second-order valence-corrected chi connectivity index (χ2v) is 8.13. The van der Waals surface area contributed by atoms with Crippen molar-refractivity contribution in [2.45, 2.75) is 11.8 Å². The van der Waals surface area contributed by atoms with Gasteiger partial charge in [0.2, 0.25) is 0 Å². The molecule has 0 bridgehead atoms. The van der Waals surface area contributed by atoms with Gasteiger partial charge in [0, 0.05) is 5.02 Å². The number of hydrogen-bond acceptors (Lipinski definition) is 3. The molecule has 0 aliphatic heterocycles. The van der Waals surface area contributed by atoms with Gasteiger partial charge in [-0.1, -0.05) is 40.9 Å². The molecular weight excluding hydrogens is 349 g/mol. The molecule has 0 saturated carbocycles. The molecule has 8 heteroatoms. The van der Waals surface area contributed by atoms with Gasteiger partial charge in [-0.15, -0.1) is 11.3 Å². The summed E-state index contributed by atoms with van der Waals surface area (Å²) < 4.78 is 27.3. The molecule has 1 aromatic heterocycles. The number of benzene rings is 1. The zero-order valence-corrected chi connectivity index (χ0v) is 13.5. The minimum Gasteiger partial charge on any atom is -0.279 e. The predicted octanol–water partition coefficient (Wildman–Crippen LogP) is 4.82. The van der Waals surface area contributed by atoms with Gasteiger partial charge in [-0.3, -0.25) is 4.72 Å². The fourth-order valence-electron chi connectivity index (χ4n) is 1.41. The Morgan fingerprint density at radius 1 is 1.16 bits per heavy atom. The van der Waals surface area contributed by atoms with Crippen molar-refractivity contribution in [1.82, 2.24) is 0 Å². The first-order chi connectivity index (χ1) is 8.79. The largest absolute Gasteiger partial charge is 0.279 e. The Kier molecular flexibility index (Phi) is 4.32. The SMILES string of the molecule is Cc1ccc(Cl)cc1NS(=O)(=O)c1cc(Cl)sc1Cl. The maximum Gasteiger partial charge on any atom is 0.264 e. The van der Waals surface area contributed by atoms with Crippen molar-refractivity contribution in [3.05, 3.63) is 43.5 Å². The van der Waals surface area contributed by atoms with E-state index in [1.807, 2.05) is 0 Å². The van der Waals surface area contributed by atoms with Gasteiger partial charge in [0.1, 0.15) is 9.23 Å². The van der Waals surface area contributed by atoms with Crippen LogP contribution in [0.1, 0.15) is 5.56 Å². The fourth-order valence-corrected chi connectivity index (χ4v) is 4.86. The van der Waals surface area contributed by atoms with Crippen LogP contribution in [0.4, 0.5) is 5.69 Å². The van der Waals surface area contributed by atoms with Crippen molar-refractivity contribution in [3.63, 3.8) is 0 Å². The van der Waals surface area contributed by atoms with E-state index in [1.165, 1.54) is 12.1 Å². The van der Waals surface area contributed by atoms with Crippen LogP contribution in [-0.2, 0) is 10.0 Å². The van der Waals surface area contributed by atoms with Crippen molar-refractivity contribution in [2.75, 3.05) is 4.72 Å². The Labute approximate surface area is 130 Å². The van der Waals surface area contributed by atoms with Gasteiger partial charge in [0.25, 0.3) is 10.0 Å². The first kappa shape index (κ1) is 14.9. The van der Waals surface area contributed by atoms with Gasteiger partial charge in [-0.05, 0) is 30.7 Å². The highest BCUT2D eigenvalue weighted by molar-refractivity contribution is 7.93. The average Bonchev–Trinajstić information content (AvgIpc) is 2.63. The van der Waals surface area contributed by atoms with Crippen LogP contribution in [0.25, 0.3) is 0 Å². The summed E-state index contributed by atoms with van der Waals surface area (Å²) >= 11 is 18.5. The molecule has 3 nitrogen and oxygen atoms in total. The van der Waals surface area contributed by atoms with E-state index in [0.717, 1.165) is 16.9 Å². The molecular formula is C11H8Cl3NO2S2. The molecule has 0 atom stereocenters. The van der Waals surface area contributed by atoms with E-state index in [2.05, 4.69) is 4.72 Å². The zero-order valence-electron chi connectivity index (χ0n) is 9.58. The third kappa shape index (κ3) is 3.35. The smallest absolute Gasteiger partial charge is 0.264 e. The molecule has 0 aliphatic rings. The van der Waals surface area contributed by atoms with E-state index in [-0.39, 0.29) is 9.23 Å². The van der Waals surface area contributed by atoms with E-state index in [1.54, 1.807) is 19.1 Å². The molecule has 19 heavy (non-hydrogen) atoms. The summed E-state index contributed by atoms with van der Waals surface area (Å²) in [6, 6.07) is 6.26. The van der Waals surface area contributed by atoms with Crippen LogP contribution in [0.3, 0.4) is 0 Å². The Bertz CT molecular complexity index is 726. The summed E-state index contributed by atoms with van der Waals surface area (Å²) in [6.07, 6.45) is 0. The van der Waals surface area contributed by atoms with Gasteiger partial charge >= 0.3 is 0 Å². The maximum atomic E-state index is 12.2. The second-order valence-electron chi connectivity index (χ2n) is 3.75. The number of nitrogens with one attached hydrogen (secondary N) is 1. The predicted molar refractivity (Wildman–Crippen MR) is 81.3 cm³/mol. The normalized spacial score (nSPS) is 11.6. The van der Waals surface area contributed by atoms with Crippen LogP contribution in [0.5, 0.6) is 0 Å². The number of aryl methyl sites for hydroxylation is 1. The van der Waals surface area contributed by atoms with E-state index in [0.29, 0.717) is 15.0 Å². The molecule has 0 unspecified atom stereocenters. The number of halogens is 3. The minimum absolute atomic E-state index is 0.0384. The molecule has 1 N–H and O–H groups in total. The number of thiophene rings is 1. The van der Waals surface area contributed by atoms with Crippen LogP contribution in [0.15, 0.2) is 29.2 Å². The van der Waals surface area contributed by atoms with E-state index < -0.39 is 10.0 Å². The minimum atomic E-state index is -3.78. The average molecular weight is 357 g/mol. The van der Waals surface area contributed by atoms with Crippen LogP contribution in [-0.4, -0.2) is 8.42 Å². The van der Waals surface area contributed by atoms with E-state index >= 15 is 0 Å². The summed E-state index contributed by atoms with van der Waals surface area (Å²) in [5, 5.41) is 0.442. The lowest BCUT2D eigenvalue weighted by molar-refractivity contribution is 0.601. The molecule has 0 fully saturated rings. The zero-order chi connectivity index (χ0) is 14.2. The quantitative estimate of drug-likeness (QED) is 0.857. The lowest BCUT2D eigenvalue weighted by atomic mass is 10.2. The van der Waals surface area contributed by atoms with E-state index in [9.17, 15) is 8.42 Å². The van der Waals surface area contributed by atoms with Gasteiger partial charge < -0.3 is 0 Å². The number of sulfonamides is 1. The summed E-state index contributed by atoms with van der Waals surface area (Å²) in [7, 11) is -3.78. The number of rotatable bonds is 3. The number of anilines is 1. The molecule has 1 aromatic carbocycles. The molecule has 0 saturated heterocycles. The standard InChI is InChI=1S/C11H8Cl3NO2S2/c1-6-2-3-7(12)4-8(6)15-19(16,17)9-5-10(13)18-11(9)14/h2-5,15H,1H3. The van der Waals surface area contributed by atoms with Crippen molar-refractivity contribution >= 4 is 61.9 Å². The van der Waals surface area contributed by atoms with Gasteiger partial charge in [-0.2, -0.15) is 0 Å². The van der Waals surface area contributed by atoms with Gasteiger partial charge in [0.05, 0.1) is 10.0 Å². The highest BCUT2D eigenvalue weighted by atomic mass is 35.5. The first-order valence-corrected chi connectivity index (χ1v) is 8.47. The fraction of sp³-hybridized carbons (Fsp3) is 0.0909. The lowest BCUT2D eigenvalue weighted by Gasteiger charge is -2.10. The highest BCUT2D eigenvalue weighted by Gasteiger charge is 2.21. The molecule has 1 heterocycles. The topological polar surface area (TPSA) is 46.2 Å². The third-order valence-corrected chi connectivity index (χ3v) is 5.71. The first-order valence-electron chi connectivity index (χ1n) is 5.03. The summed E-state index contributed by atoms with van der Waals surface area (Å²) in [5.74, 6) is 0. The Hall–Kier alpha value is -0.460. The van der Waals surface area contributed by atoms with Crippen LogP contribution >= 0.6 is 46.1 Å². The van der Waals surface area contributed by atoms with Crippen molar-refractivity contribution < 1.29 is 8.42 Å². The third-order valence-electron chi connectivity index (χ3n) is 2.36. The van der Waals surface area contributed by atoms with Crippen molar-refractivity contribution in [1.29, 1.82) is 0 Å². The van der Waals surface area contributed by atoms with Crippen LogP contribution < -0.4 is 4.72 Å². The molecule has 0 spiro atoms. The summed E-state index contributed by atoms with van der Waals surface area (Å²) in [6.45, 7) is 1.77. The maximum absolute atomic E-state index is 12.2. The highest BCUT2D eigenvalue weighted by Crippen LogP contribution is 2.35. The molecule has 2 rings (SSSR count). The van der Waals surface area contributed by atoms with Gasteiger partial charge in [-0.25, -0.2) is 8.42 Å². The monoisotopic (exact) mass is 355 g/mol. The van der Waals surface area contributed by atoms with Crippen LogP contribution in [0, 0.1) is 6.92 Å². The molecule has 0 amide bonds. The molecule has 0 radical (unpaired) electrons. The van der Waals surface area contributed by atoms with Crippen LogP contribution in [0.2, 0.25) is 13.7 Å². The van der Waals surface area contributed by atoms with Crippen molar-refractivity contribution in [3.8, 4) is 0 Å². The number of hydrogen-bond donors (Lipinski definition) is 1. The van der Waals surface area contributed by atoms with E-state index in [4.69, 9.17) is 34.8 Å². The molecule has 2 aromatic rings.